The Kier molecular flexibility index (Phi) is 9.89. The Bertz CT molecular complexity index is 1280. The van der Waals surface area contributed by atoms with Gasteiger partial charge in [0.2, 0.25) is 5.88 Å². The summed E-state index contributed by atoms with van der Waals surface area (Å²) in [5.41, 5.74) is 5.50. The second-order valence-electron chi connectivity index (χ2n) is 10.8. The van der Waals surface area contributed by atoms with E-state index in [4.69, 9.17) is 19.2 Å². The minimum Gasteiger partial charge on any atom is -0.492 e. The number of hydrogen-bond acceptors (Lipinski definition) is 6. The summed E-state index contributed by atoms with van der Waals surface area (Å²) in [7, 11) is 4.30. The molecule has 0 radical (unpaired) electrons. The van der Waals surface area contributed by atoms with E-state index in [1.54, 1.807) is 0 Å². The zero-order valence-corrected chi connectivity index (χ0v) is 24.6. The third-order valence-corrected chi connectivity index (χ3v) is 7.60. The van der Waals surface area contributed by atoms with Crippen molar-refractivity contribution in [2.45, 2.75) is 85.2 Å². The van der Waals surface area contributed by atoms with Gasteiger partial charge in [0.1, 0.15) is 5.75 Å². The first kappa shape index (κ1) is 28.9. The number of carbonyl (C=O) groups excluding carboxylic acids is 1. The van der Waals surface area contributed by atoms with Crippen LogP contribution in [0.2, 0.25) is 0 Å². The number of ether oxygens (including phenoxy) is 3. The van der Waals surface area contributed by atoms with Crippen molar-refractivity contribution in [3.8, 4) is 22.9 Å². The van der Waals surface area contributed by atoms with Crippen molar-refractivity contribution < 1.29 is 19.0 Å². The number of pyridine rings is 1. The molecule has 7 heteroatoms. The van der Waals surface area contributed by atoms with Crippen molar-refractivity contribution in [2.75, 3.05) is 33.9 Å². The van der Waals surface area contributed by atoms with Crippen LogP contribution >= 0.6 is 0 Å². The molecule has 0 aliphatic carbocycles. The van der Waals surface area contributed by atoms with Crippen LogP contribution in [0.4, 0.5) is 0 Å². The Labute approximate surface area is 233 Å². The fourth-order valence-corrected chi connectivity index (χ4v) is 5.12. The SMILES string of the molecule is CCCCOC(=O)c1c(OCCCC)nc(-c2ccc3c(c2)cc2n3CC(N(C)C)C2)c(C)c1OCCCC. The second kappa shape index (κ2) is 13.3. The minimum absolute atomic E-state index is 0.297. The molecule has 1 atom stereocenters. The van der Waals surface area contributed by atoms with Gasteiger partial charge in [-0.05, 0) is 58.5 Å². The second-order valence-corrected chi connectivity index (χ2v) is 10.8. The molecular weight excluding hydrogens is 490 g/mol. The minimum atomic E-state index is -0.432. The summed E-state index contributed by atoms with van der Waals surface area (Å²) < 4.78 is 20.5. The zero-order valence-electron chi connectivity index (χ0n) is 24.6. The number of benzene rings is 1. The van der Waals surface area contributed by atoms with E-state index in [9.17, 15) is 4.79 Å². The summed E-state index contributed by atoms with van der Waals surface area (Å²) in [4.78, 5) is 20.6. The lowest BCUT2D eigenvalue weighted by Crippen LogP contribution is -2.28. The molecule has 0 spiro atoms. The highest BCUT2D eigenvalue weighted by atomic mass is 16.5. The molecule has 1 aliphatic rings. The summed E-state index contributed by atoms with van der Waals surface area (Å²) in [6.45, 7) is 10.7. The maximum atomic E-state index is 13.3. The first-order valence-corrected chi connectivity index (χ1v) is 14.7. The maximum Gasteiger partial charge on any atom is 0.347 e. The van der Waals surface area contributed by atoms with Gasteiger partial charge in [-0.1, -0.05) is 46.1 Å². The molecule has 1 aliphatic heterocycles. The maximum absolute atomic E-state index is 13.3. The molecule has 4 rings (SSSR count). The predicted octanol–water partition coefficient (Wildman–Crippen LogP) is 6.81. The van der Waals surface area contributed by atoms with Crippen LogP contribution in [0.25, 0.3) is 22.2 Å². The summed E-state index contributed by atoms with van der Waals surface area (Å²) >= 11 is 0. The van der Waals surface area contributed by atoms with Crippen LogP contribution in [-0.2, 0) is 17.7 Å². The predicted molar refractivity (Wildman–Crippen MR) is 157 cm³/mol. The van der Waals surface area contributed by atoms with Gasteiger partial charge in [-0.3, -0.25) is 0 Å². The number of hydrogen-bond donors (Lipinski definition) is 0. The fourth-order valence-electron chi connectivity index (χ4n) is 5.12. The molecule has 0 fully saturated rings. The Hall–Kier alpha value is -3.06. The number of likely N-dealkylation sites (N-methyl/N-ethyl adjacent to an activating group) is 1. The molecule has 3 aromatic rings. The average Bonchev–Trinajstić information content (AvgIpc) is 3.48. The molecule has 1 unspecified atom stereocenters. The van der Waals surface area contributed by atoms with E-state index < -0.39 is 5.97 Å². The van der Waals surface area contributed by atoms with Crippen molar-refractivity contribution >= 4 is 16.9 Å². The van der Waals surface area contributed by atoms with Crippen LogP contribution in [0.3, 0.4) is 0 Å². The lowest BCUT2D eigenvalue weighted by molar-refractivity contribution is 0.0488. The number of carbonyl (C=O) groups is 1. The van der Waals surface area contributed by atoms with E-state index in [2.05, 4.69) is 68.6 Å². The number of rotatable bonds is 14. The van der Waals surface area contributed by atoms with Crippen molar-refractivity contribution in [3.05, 3.63) is 41.1 Å². The van der Waals surface area contributed by atoms with Crippen molar-refractivity contribution in [1.82, 2.24) is 14.5 Å². The Morgan fingerprint density at radius 3 is 2.38 bits per heavy atom. The van der Waals surface area contributed by atoms with Crippen molar-refractivity contribution in [1.29, 1.82) is 0 Å². The molecule has 2 aromatic heterocycles. The molecule has 7 nitrogen and oxygen atoms in total. The van der Waals surface area contributed by atoms with Crippen LogP contribution in [0.15, 0.2) is 24.3 Å². The monoisotopic (exact) mass is 535 g/mol. The third kappa shape index (κ3) is 6.40. The van der Waals surface area contributed by atoms with E-state index in [0.29, 0.717) is 43.1 Å². The highest BCUT2D eigenvalue weighted by Crippen LogP contribution is 2.39. The van der Waals surface area contributed by atoms with E-state index in [1.807, 2.05) is 6.92 Å². The van der Waals surface area contributed by atoms with Crippen LogP contribution in [-0.4, -0.2) is 60.4 Å². The van der Waals surface area contributed by atoms with Gasteiger partial charge in [0.15, 0.2) is 5.56 Å². The largest absolute Gasteiger partial charge is 0.492 e. The Morgan fingerprint density at radius 1 is 1.00 bits per heavy atom. The normalized spacial score (nSPS) is 14.7. The fraction of sp³-hybridized carbons (Fsp3) is 0.562. The van der Waals surface area contributed by atoms with Gasteiger partial charge >= 0.3 is 5.97 Å². The number of aromatic nitrogens is 2. The smallest absolute Gasteiger partial charge is 0.347 e. The molecule has 1 aromatic carbocycles. The lowest BCUT2D eigenvalue weighted by atomic mass is 10.0. The van der Waals surface area contributed by atoms with Crippen LogP contribution in [0.5, 0.6) is 11.6 Å². The van der Waals surface area contributed by atoms with Gasteiger partial charge < -0.3 is 23.7 Å². The molecule has 0 N–H and O–H groups in total. The molecular formula is C32H45N3O4. The molecule has 0 saturated heterocycles. The topological polar surface area (TPSA) is 65.8 Å². The Morgan fingerprint density at radius 2 is 1.69 bits per heavy atom. The molecule has 39 heavy (non-hydrogen) atoms. The molecule has 212 valence electrons. The molecule has 0 saturated carbocycles. The summed E-state index contributed by atoms with van der Waals surface area (Å²) in [6.07, 6.45) is 6.56. The number of unbranched alkanes of at least 4 members (excludes halogenated alkanes) is 3. The third-order valence-electron chi connectivity index (χ3n) is 7.60. The van der Waals surface area contributed by atoms with Crippen molar-refractivity contribution in [2.24, 2.45) is 0 Å². The molecule has 0 amide bonds. The van der Waals surface area contributed by atoms with Gasteiger partial charge in [0.05, 0.1) is 25.5 Å². The van der Waals surface area contributed by atoms with E-state index in [1.165, 1.54) is 16.6 Å². The summed E-state index contributed by atoms with van der Waals surface area (Å²) in [6, 6.07) is 9.34. The van der Waals surface area contributed by atoms with Crippen LogP contribution < -0.4 is 9.47 Å². The summed E-state index contributed by atoms with van der Waals surface area (Å²) in [5, 5.41) is 1.20. The van der Waals surface area contributed by atoms with Gasteiger partial charge in [0, 0.05) is 46.7 Å². The van der Waals surface area contributed by atoms with Gasteiger partial charge in [-0.2, -0.15) is 0 Å². The van der Waals surface area contributed by atoms with E-state index in [0.717, 1.165) is 68.3 Å². The number of nitrogens with zero attached hydrogens (tertiary/aromatic N) is 3. The van der Waals surface area contributed by atoms with Crippen LogP contribution in [0.1, 0.15) is 80.9 Å². The highest BCUT2D eigenvalue weighted by molar-refractivity contribution is 5.97. The molecule has 0 bridgehead atoms. The summed E-state index contributed by atoms with van der Waals surface area (Å²) in [5.74, 6) is 0.387. The van der Waals surface area contributed by atoms with Gasteiger partial charge in [0.25, 0.3) is 0 Å². The van der Waals surface area contributed by atoms with Gasteiger partial charge in [-0.25, -0.2) is 9.78 Å². The Balaban J connectivity index is 1.78. The number of fused-ring (bicyclic) bond motifs is 3. The standard InChI is InChI=1S/C32H45N3O4/c1-7-10-15-37-30-22(4)29(33-31(38-16-11-8-2)28(30)32(36)39-17-12-9-3)23-13-14-27-24(18-23)19-25-20-26(34(5)6)21-35(25)27/h13-14,18-19,26H,7-12,15-17,20-21H2,1-6H3. The van der Waals surface area contributed by atoms with Gasteiger partial charge in [-0.15, -0.1) is 0 Å². The van der Waals surface area contributed by atoms with E-state index >= 15 is 0 Å². The lowest BCUT2D eigenvalue weighted by Gasteiger charge is -2.20. The van der Waals surface area contributed by atoms with Crippen molar-refractivity contribution in [3.63, 3.8) is 0 Å². The zero-order chi connectivity index (χ0) is 27.9. The first-order valence-electron chi connectivity index (χ1n) is 14.7. The first-order chi connectivity index (χ1) is 18.9. The van der Waals surface area contributed by atoms with E-state index in [-0.39, 0.29) is 0 Å². The number of esters is 1. The highest BCUT2D eigenvalue weighted by Gasteiger charge is 2.28. The molecule has 3 heterocycles. The average molecular weight is 536 g/mol. The quantitative estimate of drug-likeness (QED) is 0.167. The van der Waals surface area contributed by atoms with Crippen LogP contribution in [0, 0.1) is 6.92 Å².